The average molecular weight is 344 g/mol. The summed E-state index contributed by atoms with van der Waals surface area (Å²) in [6.07, 6.45) is 0. The Bertz CT molecular complexity index is 924. The Morgan fingerprint density at radius 2 is 1.88 bits per heavy atom. The lowest BCUT2D eigenvalue weighted by atomic mass is 10.1. The van der Waals surface area contributed by atoms with E-state index in [0.717, 1.165) is 11.1 Å². The summed E-state index contributed by atoms with van der Waals surface area (Å²) < 4.78 is 29.6. The molecule has 1 atom stereocenters. The van der Waals surface area contributed by atoms with Crippen molar-refractivity contribution >= 4 is 21.6 Å². The first-order valence-electron chi connectivity index (χ1n) is 7.62. The van der Waals surface area contributed by atoms with Crippen molar-refractivity contribution in [3.05, 3.63) is 59.2 Å². The molecule has 0 bridgehead atoms. The Kier molecular flexibility index (Phi) is 3.54. The van der Waals surface area contributed by atoms with E-state index < -0.39 is 21.9 Å². The Hall–Kier alpha value is -2.38. The molecule has 0 radical (unpaired) electrons. The first-order valence-corrected chi connectivity index (χ1v) is 9.27. The number of urea groups is 1. The lowest BCUT2D eigenvalue weighted by Crippen LogP contribution is -2.33. The third-order valence-electron chi connectivity index (χ3n) is 4.30. The first-order chi connectivity index (χ1) is 11.5. The Morgan fingerprint density at radius 1 is 1.08 bits per heavy atom. The molecule has 0 spiro atoms. The van der Waals surface area contributed by atoms with Gasteiger partial charge in [0.1, 0.15) is 0 Å². The van der Waals surface area contributed by atoms with Gasteiger partial charge in [-0.3, -0.25) is 0 Å². The molecule has 24 heavy (non-hydrogen) atoms. The predicted molar refractivity (Wildman–Crippen MR) is 88.3 cm³/mol. The lowest BCUT2D eigenvalue weighted by molar-refractivity contribution is 0.134. The molecule has 0 unspecified atom stereocenters. The molecule has 2 aromatic rings. The second kappa shape index (κ2) is 5.61. The molecule has 2 N–H and O–H groups in total. The molecule has 6 nitrogen and oxygen atoms in total. The van der Waals surface area contributed by atoms with E-state index >= 15 is 0 Å². The highest BCUT2D eigenvalue weighted by Gasteiger charge is 2.35. The number of hydrogen-bond acceptors (Lipinski definition) is 4. The van der Waals surface area contributed by atoms with Crippen molar-refractivity contribution < 1.29 is 17.9 Å². The molecule has 0 aliphatic carbocycles. The van der Waals surface area contributed by atoms with E-state index in [1.807, 2.05) is 18.2 Å². The highest BCUT2D eigenvalue weighted by Crippen LogP contribution is 2.33. The molecule has 0 fully saturated rings. The molecular formula is C17H16N2O4S. The topological polar surface area (TPSA) is 84.5 Å². The van der Waals surface area contributed by atoms with Crippen LogP contribution in [-0.4, -0.2) is 20.2 Å². The van der Waals surface area contributed by atoms with Crippen LogP contribution in [0.3, 0.4) is 0 Å². The number of carbonyl (C=O) groups is 1. The maximum atomic E-state index is 12.2. The molecule has 2 heterocycles. The number of benzene rings is 2. The fourth-order valence-electron chi connectivity index (χ4n) is 3.15. The normalized spacial score (nSPS) is 20.2. The quantitative estimate of drug-likeness (QED) is 0.876. The Morgan fingerprint density at radius 3 is 2.75 bits per heavy atom. The van der Waals surface area contributed by atoms with Gasteiger partial charge in [-0.25, -0.2) is 13.2 Å². The van der Waals surface area contributed by atoms with Crippen LogP contribution in [0.25, 0.3) is 0 Å². The molecule has 2 aliphatic rings. The predicted octanol–water partition coefficient (Wildman–Crippen LogP) is 2.37. The van der Waals surface area contributed by atoms with Crippen LogP contribution >= 0.6 is 0 Å². The summed E-state index contributed by atoms with van der Waals surface area (Å²) in [5.74, 6) is -0.113. The number of fused-ring (bicyclic) bond motifs is 2. The largest absolute Gasteiger partial charge is 0.372 e. The van der Waals surface area contributed by atoms with Gasteiger partial charge in [0, 0.05) is 5.69 Å². The van der Waals surface area contributed by atoms with Crippen LogP contribution in [0.5, 0.6) is 0 Å². The summed E-state index contributed by atoms with van der Waals surface area (Å²) in [6.45, 7) is 1.14. The van der Waals surface area contributed by atoms with E-state index in [9.17, 15) is 13.2 Å². The van der Waals surface area contributed by atoms with Gasteiger partial charge in [-0.2, -0.15) is 0 Å². The summed E-state index contributed by atoms with van der Waals surface area (Å²) in [4.78, 5) is 12.5. The molecule has 0 saturated heterocycles. The zero-order chi connectivity index (χ0) is 16.7. The van der Waals surface area contributed by atoms with E-state index in [1.165, 1.54) is 0 Å². The van der Waals surface area contributed by atoms with Crippen LogP contribution in [-0.2, 0) is 27.8 Å². The molecular weight excluding hydrogens is 328 g/mol. The van der Waals surface area contributed by atoms with Crippen LogP contribution in [0.1, 0.15) is 22.7 Å². The van der Waals surface area contributed by atoms with Crippen molar-refractivity contribution in [2.75, 3.05) is 11.1 Å². The van der Waals surface area contributed by atoms with E-state index in [0.29, 0.717) is 29.4 Å². The van der Waals surface area contributed by atoms with E-state index in [2.05, 4.69) is 10.6 Å². The van der Waals surface area contributed by atoms with Gasteiger partial charge in [0.05, 0.1) is 29.9 Å². The molecule has 0 saturated carbocycles. The zero-order valence-corrected chi connectivity index (χ0v) is 13.6. The molecule has 4 rings (SSSR count). The molecule has 2 aromatic carbocycles. The van der Waals surface area contributed by atoms with Crippen molar-refractivity contribution in [2.45, 2.75) is 24.2 Å². The fourth-order valence-corrected chi connectivity index (χ4v) is 4.88. The standard InChI is InChI=1S/C17H16N2O4S/c20-17(18-13-6-5-11-8-23-9-12(11)7-13)19-15-10-24(21,22)16-4-2-1-3-14(15)16/h1-7,15H,8-10H2,(H2,18,19,20)/t15-/m0/s1. The highest BCUT2D eigenvalue weighted by atomic mass is 32.2. The maximum Gasteiger partial charge on any atom is 0.319 e. The number of sulfone groups is 1. The van der Waals surface area contributed by atoms with Gasteiger partial charge in [0.2, 0.25) is 0 Å². The van der Waals surface area contributed by atoms with Gasteiger partial charge < -0.3 is 15.4 Å². The van der Waals surface area contributed by atoms with Crippen molar-refractivity contribution in [3.63, 3.8) is 0 Å². The van der Waals surface area contributed by atoms with Gasteiger partial charge in [-0.15, -0.1) is 0 Å². The Labute approximate surface area is 139 Å². The summed E-state index contributed by atoms with van der Waals surface area (Å²) >= 11 is 0. The van der Waals surface area contributed by atoms with E-state index in [1.54, 1.807) is 24.3 Å². The maximum absolute atomic E-state index is 12.2. The second-order valence-corrected chi connectivity index (χ2v) is 7.95. The fraction of sp³-hybridized carbons (Fsp3) is 0.235. The van der Waals surface area contributed by atoms with Crippen molar-refractivity contribution in [1.82, 2.24) is 5.32 Å². The molecule has 0 aromatic heterocycles. The van der Waals surface area contributed by atoms with Crippen LogP contribution in [0.2, 0.25) is 0 Å². The smallest absolute Gasteiger partial charge is 0.319 e. The van der Waals surface area contributed by atoms with Gasteiger partial charge in [-0.05, 0) is 34.9 Å². The highest BCUT2D eigenvalue weighted by molar-refractivity contribution is 7.91. The van der Waals surface area contributed by atoms with Gasteiger partial charge in [-0.1, -0.05) is 24.3 Å². The summed E-state index contributed by atoms with van der Waals surface area (Å²) in [5, 5.41) is 5.50. The molecule has 2 aliphatic heterocycles. The third kappa shape index (κ3) is 2.65. The monoisotopic (exact) mass is 344 g/mol. The summed E-state index contributed by atoms with van der Waals surface area (Å²) in [5.41, 5.74) is 3.47. The first kappa shape index (κ1) is 15.2. The van der Waals surface area contributed by atoms with Crippen LogP contribution in [0, 0.1) is 0 Å². The molecule has 7 heteroatoms. The molecule has 124 valence electrons. The number of carbonyl (C=O) groups excluding carboxylic acids is 1. The van der Waals surface area contributed by atoms with Crippen molar-refractivity contribution in [2.24, 2.45) is 0 Å². The number of rotatable bonds is 2. The van der Waals surface area contributed by atoms with Crippen molar-refractivity contribution in [1.29, 1.82) is 0 Å². The average Bonchev–Trinajstić information content (AvgIpc) is 3.10. The zero-order valence-electron chi connectivity index (χ0n) is 12.8. The minimum absolute atomic E-state index is 0.113. The number of nitrogens with one attached hydrogen (secondary N) is 2. The van der Waals surface area contributed by atoms with Crippen LogP contribution < -0.4 is 10.6 Å². The number of anilines is 1. The van der Waals surface area contributed by atoms with Gasteiger partial charge in [0.15, 0.2) is 9.84 Å². The lowest BCUT2D eigenvalue weighted by Gasteiger charge is -2.14. The number of hydrogen-bond donors (Lipinski definition) is 2. The van der Waals surface area contributed by atoms with Crippen LogP contribution in [0.15, 0.2) is 47.4 Å². The number of amides is 2. The van der Waals surface area contributed by atoms with Gasteiger partial charge >= 0.3 is 6.03 Å². The minimum atomic E-state index is -3.34. The van der Waals surface area contributed by atoms with E-state index in [4.69, 9.17) is 4.74 Å². The second-order valence-electron chi connectivity index (χ2n) is 5.95. The Balaban J connectivity index is 1.49. The number of ether oxygens (including phenoxy) is 1. The SMILES string of the molecule is O=C(Nc1ccc2c(c1)COC2)N[C@H]1CS(=O)(=O)c2ccccc21. The minimum Gasteiger partial charge on any atom is -0.372 e. The van der Waals surface area contributed by atoms with Crippen molar-refractivity contribution in [3.8, 4) is 0 Å². The van der Waals surface area contributed by atoms with Gasteiger partial charge in [0.25, 0.3) is 0 Å². The molecule has 2 amide bonds. The third-order valence-corrected chi connectivity index (χ3v) is 6.11. The van der Waals surface area contributed by atoms with Crippen LogP contribution in [0.4, 0.5) is 10.5 Å². The van der Waals surface area contributed by atoms with E-state index in [-0.39, 0.29) is 5.75 Å². The summed E-state index contributed by atoms with van der Waals surface area (Å²) in [6, 6.07) is 11.4. The summed E-state index contributed by atoms with van der Waals surface area (Å²) in [7, 11) is -3.34.